The lowest BCUT2D eigenvalue weighted by molar-refractivity contribution is -0.152. The van der Waals surface area contributed by atoms with E-state index in [-0.39, 0.29) is 12.1 Å². The van der Waals surface area contributed by atoms with Crippen molar-refractivity contribution in [2.75, 3.05) is 0 Å². The molecule has 0 amide bonds. The van der Waals surface area contributed by atoms with E-state index in [4.69, 9.17) is 4.74 Å². The Kier molecular flexibility index (Phi) is 2.54. The molecule has 0 spiro atoms. The molecule has 0 heterocycles. The molecule has 0 aromatic carbocycles. The number of hydrogen-bond donors (Lipinski definition) is 0. The Morgan fingerprint density at radius 3 is 2.50 bits per heavy atom. The molecule has 5 atom stereocenters. The highest BCUT2D eigenvalue weighted by Crippen LogP contribution is 2.52. The zero-order valence-electron chi connectivity index (χ0n) is 9.32. The van der Waals surface area contributed by atoms with Crippen molar-refractivity contribution in [3.05, 3.63) is 0 Å². The van der Waals surface area contributed by atoms with Crippen LogP contribution in [0.5, 0.6) is 0 Å². The normalized spacial score (nSPS) is 45.5. The van der Waals surface area contributed by atoms with Gasteiger partial charge in [0.2, 0.25) is 0 Å². The Morgan fingerprint density at radius 2 is 2.00 bits per heavy atom. The number of rotatable bonds is 2. The molecule has 2 aliphatic carbocycles. The summed E-state index contributed by atoms with van der Waals surface area (Å²) in [4.78, 5) is 11.2. The van der Waals surface area contributed by atoms with Gasteiger partial charge in [-0.15, -0.1) is 0 Å². The van der Waals surface area contributed by atoms with Gasteiger partial charge in [-0.2, -0.15) is 0 Å². The highest BCUT2D eigenvalue weighted by atomic mass is 16.5. The van der Waals surface area contributed by atoms with Crippen molar-refractivity contribution in [1.82, 2.24) is 0 Å². The van der Waals surface area contributed by atoms with Crippen LogP contribution >= 0.6 is 0 Å². The molecule has 0 aliphatic heterocycles. The summed E-state index contributed by atoms with van der Waals surface area (Å²) in [6.45, 7) is 6.51. The van der Waals surface area contributed by atoms with Crippen LogP contribution in [0.2, 0.25) is 0 Å². The second kappa shape index (κ2) is 3.56. The summed E-state index contributed by atoms with van der Waals surface area (Å²) in [6.07, 6.45) is 3.14. The first kappa shape index (κ1) is 10.0. The maximum atomic E-state index is 11.2. The quantitative estimate of drug-likeness (QED) is 0.635. The van der Waals surface area contributed by atoms with Crippen LogP contribution in [-0.2, 0) is 9.53 Å². The van der Waals surface area contributed by atoms with Gasteiger partial charge in [-0.1, -0.05) is 20.8 Å². The molecule has 2 bridgehead atoms. The van der Waals surface area contributed by atoms with Crippen molar-refractivity contribution < 1.29 is 9.53 Å². The molecule has 80 valence electrons. The van der Waals surface area contributed by atoms with E-state index in [2.05, 4.69) is 13.8 Å². The Labute approximate surface area is 86.0 Å². The lowest BCUT2D eigenvalue weighted by atomic mass is 9.80. The topological polar surface area (TPSA) is 26.3 Å². The van der Waals surface area contributed by atoms with Gasteiger partial charge in [-0.3, -0.25) is 4.79 Å². The van der Waals surface area contributed by atoms with E-state index in [9.17, 15) is 4.79 Å². The molecule has 14 heavy (non-hydrogen) atoms. The Balaban J connectivity index is 1.96. The standard InChI is InChI=1S/C12H20O2/c1-4-12(13)14-11-6-9-5-10(11)8(3)7(9)2/h7-11H,4-6H2,1-3H3. The van der Waals surface area contributed by atoms with Gasteiger partial charge in [-0.05, 0) is 36.5 Å². The van der Waals surface area contributed by atoms with Crippen LogP contribution in [0, 0.1) is 23.7 Å². The molecule has 0 aromatic rings. The molecule has 2 aliphatic rings. The number of fused-ring (bicyclic) bond motifs is 2. The molecular formula is C12H20O2. The SMILES string of the molecule is CCC(=O)OC1CC2CC1C(C)C2C. The van der Waals surface area contributed by atoms with E-state index < -0.39 is 0 Å². The Hall–Kier alpha value is -0.530. The number of carbonyl (C=O) groups excluding carboxylic acids is 1. The van der Waals surface area contributed by atoms with E-state index >= 15 is 0 Å². The van der Waals surface area contributed by atoms with Crippen LogP contribution in [0.25, 0.3) is 0 Å². The van der Waals surface area contributed by atoms with E-state index in [0.29, 0.717) is 12.3 Å². The van der Waals surface area contributed by atoms with Gasteiger partial charge in [0.05, 0.1) is 0 Å². The van der Waals surface area contributed by atoms with Crippen molar-refractivity contribution in [1.29, 1.82) is 0 Å². The highest BCUT2D eigenvalue weighted by Gasteiger charge is 2.50. The van der Waals surface area contributed by atoms with Crippen molar-refractivity contribution >= 4 is 5.97 Å². The van der Waals surface area contributed by atoms with Crippen LogP contribution in [0.15, 0.2) is 0 Å². The lowest BCUT2D eigenvalue weighted by Gasteiger charge is -2.31. The Bertz CT molecular complexity index is 234. The zero-order valence-corrected chi connectivity index (χ0v) is 9.32. The molecule has 2 nitrogen and oxygen atoms in total. The smallest absolute Gasteiger partial charge is 0.305 e. The summed E-state index contributed by atoms with van der Waals surface area (Å²) in [5.41, 5.74) is 0. The largest absolute Gasteiger partial charge is 0.462 e. The van der Waals surface area contributed by atoms with Crippen molar-refractivity contribution in [2.45, 2.75) is 46.1 Å². The van der Waals surface area contributed by atoms with Crippen LogP contribution in [0.4, 0.5) is 0 Å². The van der Waals surface area contributed by atoms with Gasteiger partial charge in [-0.25, -0.2) is 0 Å². The van der Waals surface area contributed by atoms with Gasteiger partial charge >= 0.3 is 5.97 Å². The summed E-state index contributed by atoms with van der Waals surface area (Å²) in [5, 5.41) is 0. The van der Waals surface area contributed by atoms with E-state index in [1.54, 1.807) is 0 Å². The fourth-order valence-electron chi connectivity index (χ4n) is 3.26. The first-order chi connectivity index (χ1) is 6.63. The van der Waals surface area contributed by atoms with Gasteiger partial charge in [0, 0.05) is 6.42 Å². The third kappa shape index (κ3) is 1.45. The summed E-state index contributed by atoms with van der Waals surface area (Å²) >= 11 is 0. The average molecular weight is 196 g/mol. The summed E-state index contributed by atoms with van der Waals surface area (Å²) in [5.74, 6) is 3.00. The first-order valence-electron chi connectivity index (χ1n) is 5.83. The molecule has 0 saturated heterocycles. The highest BCUT2D eigenvalue weighted by molar-refractivity contribution is 5.69. The lowest BCUT2D eigenvalue weighted by Crippen LogP contribution is -2.31. The molecule has 0 radical (unpaired) electrons. The third-order valence-electron chi connectivity index (χ3n) is 4.41. The van der Waals surface area contributed by atoms with Gasteiger partial charge < -0.3 is 4.74 Å². The fraction of sp³-hybridized carbons (Fsp3) is 0.917. The number of esters is 1. The minimum atomic E-state index is -0.0256. The predicted octanol–water partition coefficient (Wildman–Crippen LogP) is 2.62. The van der Waals surface area contributed by atoms with Crippen molar-refractivity contribution in [2.24, 2.45) is 23.7 Å². The zero-order chi connectivity index (χ0) is 10.3. The second-order valence-electron chi connectivity index (χ2n) is 5.00. The molecule has 5 unspecified atom stereocenters. The van der Waals surface area contributed by atoms with Crippen LogP contribution < -0.4 is 0 Å². The minimum Gasteiger partial charge on any atom is -0.462 e. The first-order valence-corrected chi connectivity index (χ1v) is 5.83. The van der Waals surface area contributed by atoms with Crippen molar-refractivity contribution in [3.63, 3.8) is 0 Å². The van der Waals surface area contributed by atoms with Gasteiger partial charge in [0.1, 0.15) is 6.10 Å². The van der Waals surface area contributed by atoms with E-state index in [0.717, 1.165) is 24.2 Å². The molecule has 0 aromatic heterocycles. The summed E-state index contributed by atoms with van der Waals surface area (Å²) < 4.78 is 5.47. The van der Waals surface area contributed by atoms with Crippen LogP contribution in [0.3, 0.4) is 0 Å². The number of carbonyl (C=O) groups is 1. The second-order valence-corrected chi connectivity index (χ2v) is 5.00. The van der Waals surface area contributed by atoms with Crippen LogP contribution in [0.1, 0.15) is 40.0 Å². The molecule has 2 heteroatoms. The molecule has 2 rings (SSSR count). The molecule has 2 fully saturated rings. The minimum absolute atomic E-state index is 0.0256. The fourth-order valence-corrected chi connectivity index (χ4v) is 3.26. The monoisotopic (exact) mass is 196 g/mol. The summed E-state index contributed by atoms with van der Waals surface area (Å²) in [7, 11) is 0. The predicted molar refractivity (Wildman–Crippen MR) is 54.7 cm³/mol. The molecular weight excluding hydrogens is 176 g/mol. The molecule has 0 N–H and O–H groups in total. The van der Waals surface area contributed by atoms with E-state index in [1.807, 2.05) is 6.92 Å². The van der Waals surface area contributed by atoms with Gasteiger partial charge in [0.25, 0.3) is 0 Å². The third-order valence-corrected chi connectivity index (χ3v) is 4.41. The maximum absolute atomic E-state index is 11.2. The summed E-state index contributed by atoms with van der Waals surface area (Å²) in [6, 6.07) is 0. The average Bonchev–Trinajstić information content (AvgIpc) is 2.68. The van der Waals surface area contributed by atoms with Crippen molar-refractivity contribution in [3.8, 4) is 0 Å². The maximum Gasteiger partial charge on any atom is 0.305 e. The van der Waals surface area contributed by atoms with Gasteiger partial charge in [0.15, 0.2) is 0 Å². The number of ether oxygens (including phenoxy) is 1. The van der Waals surface area contributed by atoms with E-state index in [1.165, 1.54) is 6.42 Å². The number of hydrogen-bond acceptors (Lipinski definition) is 2. The molecule has 2 saturated carbocycles. The van der Waals surface area contributed by atoms with Crippen LogP contribution in [-0.4, -0.2) is 12.1 Å². The Morgan fingerprint density at radius 1 is 1.29 bits per heavy atom.